The van der Waals surface area contributed by atoms with Crippen LogP contribution in [0.15, 0.2) is 48.5 Å². The van der Waals surface area contributed by atoms with Crippen molar-refractivity contribution in [1.29, 1.82) is 0 Å². The maximum atomic E-state index is 6.40. The SMILES string of the molecule is Cc1ccc(C(Cl)c2ccccc2)cc1Cl. The fourth-order valence-corrected chi connectivity index (χ4v) is 2.05. The number of alkyl halides is 1. The van der Waals surface area contributed by atoms with Gasteiger partial charge in [-0.05, 0) is 29.7 Å². The third-order valence-electron chi connectivity index (χ3n) is 2.58. The summed E-state index contributed by atoms with van der Waals surface area (Å²) in [4.78, 5) is 0. The first-order valence-electron chi connectivity index (χ1n) is 5.13. The Morgan fingerprint density at radius 2 is 1.62 bits per heavy atom. The Kier molecular flexibility index (Phi) is 3.52. The van der Waals surface area contributed by atoms with Crippen LogP contribution in [0, 0.1) is 6.92 Å². The predicted molar refractivity (Wildman–Crippen MR) is 70.3 cm³/mol. The second-order valence-electron chi connectivity index (χ2n) is 3.78. The van der Waals surface area contributed by atoms with Crippen LogP contribution < -0.4 is 0 Å². The molecule has 2 aromatic rings. The maximum absolute atomic E-state index is 6.40. The average molecular weight is 251 g/mol. The van der Waals surface area contributed by atoms with E-state index in [-0.39, 0.29) is 5.38 Å². The second kappa shape index (κ2) is 4.90. The molecule has 0 aliphatic rings. The highest BCUT2D eigenvalue weighted by Gasteiger charge is 2.10. The molecule has 0 radical (unpaired) electrons. The predicted octanol–water partition coefficient (Wildman–Crippen LogP) is 4.98. The molecule has 82 valence electrons. The van der Waals surface area contributed by atoms with E-state index in [1.54, 1.807) is 0 Å². The molecule has 2 aromatic carbocycles. The van der Waals surface area contributed by atoms with Gasteiger partial charge in [0.05, 0.1) is 5.38 Å². The van der Waals surface area contributed by atoms with E-state index in [4.69, 9.17) is 23.2 Å². The summed E-state index contributed by atoms with van der Waals surface area (Å²) in [6.07, 6.45) is 0. The molecular weight excluding hydrogens is 239 g/mol. The Bertz CT molecular complexity index is 477. The Morgan fingerprint density at radius 1 is 0.938 bits per heavy atom. The first-order chi connectivity index (χ1) is 7.68. The third-order valence-corrected chi connectivity index (χ3v) is 3.49. The van der Waals surface area contributed by atoms with E-state index in [0.29, 0.717) is 0 Å². The van der Waals surface area contributed by atoms with Crippen LogP contribution in [0.4, 0.5) is 0 Å². The normalized spacial score (nSPS) is 12.4. The third kappa shape index (κ3) is 2.40. The second-order valence-corrected chi connectivity index (χ2v) is 4.63. The summed E-state index contributed by atoms with van der Waals surface area (Å²) in [5.41, 5.74) is 3.19. The van der Waals surface area contributed by atoms with E-state index in [1.807, 2.05) is 55.5 Å². The highest BCUT2D eigenvalue weighted by molar-refractivity contribution is 6.31. The van der Waals surface area contributed by atoms with Crippen molar-refractivity contribution in [2.75, 3.05) is 0 Å². The Labute approximate surface area is 106 Å². The van der Waals surface area contributed by atoms with Gasteiger partial charge in [0.25, 0.3) is 0 Å². The van der Waals surface area contributed by atoms with Crippen molar-refractivity contribution >= 4 is 23.2 Å². The van der Waals surface area contributed by atoms with Gasteiger partial charge in [0.15, 0.2) is 0 Å². The largest absolute Gasteiger partial charge is 0.113 e. The minimum atomic E-state index is -0.140. The van der Waals surface area contributed by atoms with Gasteiger partial charge in [0, 0.05) is 5.02 Å². The van der Waals surface area contributed by atoms with Gasteiger partial charge in [0.2, 0.25) is 0 Å². The molecule has 2 heteroatoms. The molecule has 0 amide bonds. The molecule has 0 fully saturated rings. The first-order valence-corrected chi connectivity index (χ1v) is 5.95. The number of hydrogen-bond donors (Lipinski definition) is 0. The van der Waals surface area contributed by atoms with Gasteiger partial charge in [-0.25, -0.2) is 0 Å². The summed E-state index contributed by atoms with van der Waals surface area (Å²) in [5, 5.41) is 0.624. The van der Waals surface area contributed by atoms with Crippen molar-refractivity contribution in [3.63, 3.8) is 0 Å². The lowest BCUT2D eigenvalue weighted by Crippen LogP contribution is -1.93. The molecule has 0 aromatic heterocycles. The number of hydrogen-bond acceptors (Lipinski definition) is 0. The molecule has 0 spiro atoms. The molecule has 0 N–H and O–H groups in total. The number of aryl methyl sites for hydroxylation is 1. The maximum Gasteiger partial charge on any atom is 0.0835 e. The lowest BCUT2D eigenvalue weighted by atomic mass is 10.0. The zero-order valence-corrected chi connectivity index (χ0v) is 10.5. The highest BCUT2D eigenvalue weighted by Crippen LogP contribution is 2.30. The minimum Gasteiger partial charge on any atom is -0.113 e. The van der Waals surface area contributed by atoms with Crippen molar-refractivity contribution in [2.45, 2.75) is 12.3 Å². The summed E-state index contributed by atoms with van der Waals surface area (Å²) < 4.78 is 0. The van der Waals surface area contributed by atoms with Crippen LogP contribution in [0.3, 0.4) is 0 Å². The van der Waals surface area contributed by atoms with Crippen LogP contribution in [0.2, 0.25) is 5.02 Å². The van der Waals surface area contributed by atoms with Gasteiger partial charge in [0.1, 0.15) is 0 Å². The molecule has 1 atom stereocenters. The van der Waals surface area contributed by atoms with E-state index < -0.39 is 0 Å². The van der Waals surface area contributed by atoms with Crippen LogP contribution in [0.1, 0.15) is 22.1 Å². The van der Waals surface area contributed by atoms with Crippen LogP contribution >= 0.6 is 23.2 Å². The van der Waals surface area contributed by atoms with E-state index in [2.05, 4.69) is 0 Å². The number of benzene rings is 2. The summed E-state index contributed by atoms with van der Waals surface area (Å²) >= 11 is 12.5. The molecule has 0 nitrogen and oxygen atoms in total. The molecule has 0 bridgehead atoms. The van der Waals surface area contributed by atoms with E-state index in [9.17, 15) is 0 Å². The lowest BCUT2D eigenvalue weighted by molar-refractivity contribution is 1.14. The molecule has 1 unspecified atom stereocenters. The van der Waals surface area contributed by atoms with Gasteiger partial charge in [-0.2, -0.15) is 0 Å². The Morgan fingerprint density at radius 3 is 2.25 bits per heavy atom. The van der Waals surface area contributed by atoms with E-state index >= 15 is 0 Å². The molecule has 0 aliphatic carbocycles. The van der Waals surface area contributed by atoms with Gasteiger partial charge >= 0.3 is 0 Å². The molecule has 0 saturated carbocycles. The van der Waals surface area contributed by atoms with Crippen LogP contribution in [0.5, 0.6) is 0 Å². The van der Waals surface area contributed by atoms with Crippen molar-refractivity contribution in [3.05, 3.63) is 70.2 Å². The van der Waals surface area contributed by atoms with Crippen LogP contribution in [-0.4, -0.2) is 0 Å². The molecule has 0 saturated heterocycles. The molecule has 16 heavy (non-hydrogen) atoms. The van der Waals surface area contributed by atoms with E-state index in [0.717, 1.165) is 21.7 Å². The van der Waals surface area contributed by atoms with Crippen molar-refractivity contribution in [1.82, 2.24) is 0 Å². The Balaban J connectivity index is 2.34. The molecule has 2 rings (SSSR count). The highest BCUT2D eigenvalue weighted by atomic mass is 35.5. The molecule has 0 heterocycles. The van der Waals surface area contributed by atoms with Crippen molar-refractivity contribution in [2.24, 2.45) is 0 Å². The molecule has 0 aliphatic heterocycles. The summed E-state index contributed by atoms with van der Waals surface area (Å²) in [7, 11) is 0. The van der Waals surface area contributed by atoms with Gasteiger partial charge < -0.3 is 0 Å². The van der Waals surface area contributed by atoms with Crippen LogP contribution in [-0.2, 0) is 0 Å². The van der Waals surface area contributed by atoms with Gasteiger partial charge in [-0.15, -0.1) is 11.6 Å². The minimum absolute atomic E-state index is 0.140. The standard InChI is InChI=1S/C14H12Cl2/c1-10-7-8-12(9-13(10)15)14(16)11-5-3-2-4-6-11/h2-9,14H,1H3. The zero-order valence-electron chi connectivity index (χ0n) is 8.95. The Hall–Kier alpha value is -0.980. The van der Waals surface area contributed by atoms with E-state index in [1.165, 1.54) is 0 Å². The van der Waals surface area contributed by atoms with Gasteiger partial charge in [-0.1, -0.05) is 54.1 Å². The monoisotopic (exact) mass is 250 g/mol. The summed E-state index contributed by atoms with van der Waals surface area (Å²) in [6.45, 7) is 1.98. The summed E-state index contributed by atoms with van der Waals surface area (Å²) in [5.74, 6) is 0. The topological polar surface area (TPSA) is 0 Å². The smallest absolute Gasteiger partial charge is 0.0835 e. The lowest BCUT2D eigenvalue weighted by Gasteiger charge is -2.11. The van der Waals surface area contributed by atoms with Crippen molar-refractivity contribution < 1.29 is 0 Å². The fraction of sp³-hybridized carbons (Fsp3) is 0.143. The zero-order chi connectivity index (χ0) is 11.5. The molecular formula is C14H12Cl2. The quantitative estimate of drug-likeness (QED) is 0.660. The average Bonchev–Trinajstić information content (AvgIpc) is 2.33. The van der Waals surface area contributed by atoms with Gasteiger partial charge in [-0.3, -0.25) is 0 Å². The van der Waals surface area contributed by atoms with Crippen LogP contribution in [0.25, 0.3) is 0 Å². The fourth-order valence-electron chi connectivity index (χ4n) is 1.58. The summed E-state index contributed by atoms with van der Waals surface area (Å²) in [6, 6.07) is 15.9. The first kappa shape index (κ1) is 11.5. The number of halogens is 2. The van der Waals surface area contributed by atoms with Crippen molar-refractivity contribution in [3.8, 4) is 0 Å². The number of rotatable bonds is 2.